The number of anilines is 1. The van der Waals surface area contributed by atoms with Crippen LogP contribution in [0.1, 0.15) is 31.7 Å². The molecule has 5 heteroatoms. The predicted octanol–water partition coefficient (Wildman–Crippen LogP) is 1.71. The summed E-state index contributed by atoms with van der Waals surface area (Å²) in [4.78, 5) is 6.66. The molecule has 0 amide bonds. The first-order valence-corrected chi connectivity index (χ1v) is 7.55. The van der Waals surface area contributed by atoms with E-state index in [9.17, 15) is 5.11 Å². The summed E-state index contributed by atoms with van der Waals surface area (Å²) in [6.45, 7) is 4.09. The highest BCUT2D eigenvalue weighted by Crippen LogP contribution is 2.37. The monoisotopic (exact) mass is 287 g/mol. The van der Waals surface area contributed by atoms with Crippen LogP contribution in [0.15, 0.2) is 18.3 Å². The van der Waals surface area contributed by atoms with Crippen LogP contribution in [0.3, 0.4) is 0 Å². The Morgan fingerprint density at radius 1 is 1.52 bits per heavy atom. The van der Waals surface area contributed by atoms with Crippen molar-refractivity contribution in [1.82, 2.24) is 4.98 Å². The summed E-state index contributed by atoms with van der Waals surface area (Å²) in [6.07, 6.45) is 4.44. The van der Waals surface area contributed by atoms with Crippen molar-refractivity contribution >= 4 is 5.82 Å². The first kappa shape index (κ1) is 14.3. The number of nitriles is 1. The van der Waals surface area contributed by atoms with E-state index >= 15 is 0 Å². The lowest BCUT2D eigenvalue weighted by Crippen LogP contribution is -2.52. The summed E-state index contributed by atoms with van der Waals surface area (Å²) in [6, 6.07) is 6.04. The Bertz CT molecular complexity index is 535. The molecule has 21 heavy (non-hydrogen) atoms. The van der Waals surface area contributed by atoms with Gasteiger partial charge in [-0.05, 0) is 38.3 Å². The SMILES string of the molecule is CC1(O)CCOCC1C1CCCN1c1ccc(C#N)cn1. The Morgan fingerprint density at radius 2 is 2.38 bits per heavy atom. The number of aromatic nitrogens is 1. The van der Waals surface area contributed by atoms with Crippen molar-refractivity contribution in [2.45, 2.75) is 37.8 Å². The van der Waals surface area contributed by atoms with E-state index < -0.39 is 5.60 Å². The van der Waals surface area contributed by atoms with Gasteiger partial charge in [0, 0.05) is 31.3 Å². The molecule has 0 saturated carbocycles. The zero-order chi connectivity index (χ0) is 14.9. The molecule has 0 aromatic carbocycles. The molecule has 0 bridgehead atoms. The van der Waals surface area contributed by atoms with Crippen LogP contribution in [0.25, 0.3) is 0 Å². The van der Waals surface area contributed by atoms with Crippen LogP contribution in [-0.2, 0) is 4.74 Å². The Balaban J connectivity index is 1.83. The van der Waals surface area contributed by atoms with Crippen molar-refractivity contribution in [3.63, 3.8) is 0 Å². The third kappa shape index (κ3) is 2.74. The molecule has 3 rings (SSSR count). The summed E-state index contributed by atoms with van der Waals surface area (Å²) in [7, 11) is 0. The first-order chi connectivity index (χ1) is 10.1. The average Bonchev–Trinajstić information content (AvgIpc) is 2.96. The third-order valence-electron chi connectivity index (χ3n) is 4.78. The molecular weight excluding hydrogens is 266 g/mol. The topological polar surface area (TPSA) is 69.4 Å². The summed E-state index contributed by atoms with van der Waals surface area (Å²) >= 11 is 0. The number of aliphatic hydroxyl groups is 1. The van der Waals surface area contributed by atoms with Gasteiger partial charge in [-0.15, -0.1) is 0 Å². The molecule has 112 valence electrons. The van der Waals surface area contributed by atoms with E-state index in [1.165, 1.54) is 0 Å². The fourth-order valence-electron chi connectivity index (χ4n) is 3.50. The Kier molecular flexibility index (Phi) is 3.83. The Hall–Kier alpha value is -1.64. The Labute approximate surface area is 125 Å². The van der Waals surface area contributed by atoms with Gasteiger partial charge in [0.2, 0.25) is 0 Å². The second-order valence-corrected chi connectivity index (χ2v) is 6.21. The largest absolute Gasteiger partial charge is 0.390 e. The third-order valence-corrected chi connectivity index (χ3v) is 4.78. The fourth-order valence-corrected chi connectivity index (χ4v) is 3.50. The molecule has 2 aliphatic heterocycles. The maximum atomic E-state index is 10.7. The Morgan fingerprint density at radius 3 is 3.05 bits per heavy atom. The standard InChI is InChI=1S/C16H21N3O2/c1-16(20)6-8-21-11-13(16)14-3-2-7-19(14)15-5-4-12(9-17)10-18-15/h4-5,10,13-14,20H,2-3,6-8,11H2,1H3. The molecule has 1 aromatic heterocycles. The lowest BCUT2D eigenvalue weighted by atomic mass is 9.79. The van der Waals surface area contributed by atoms with E-state index in [1.807, 2.05) is 13.0 Å². The lowest BCUT2D eigenvalue weighted by molar-refractivity contribution is -0.108. The number of nitrogens with zero attached hydrogens (tertiary/aromatic N) is 3. The maximum absolute atomic E-state index is 10.7. The smallest absolute Gasteiger partial charge is 0.128 e. The van der Waals surface area contributed by atoms with Crippen LogP contribution in [0.5, 0.6) is 0 Å². The van der Waals surface area contributed by atoms with Crippen molar-refractivity contribution in [1.29, 1.82) is 5.26 Å². The van der Waals surface area contributed by atoms with Crippen LogP contribution in [0, 0.1) is 17.2 Å². The molecule has 3 unspecified atom stereocenters. The average molecular weight is 287 g/mol. The van der Waals surface area contributed by atoms with Crippen molar-refractivity contribution in [2.75, 3.05) is 24.7 Å². The normalized spacial score (nSPS) is 32.9. The zero-order valence-corrected chi connectivity index (χ0v) is 12.3. The number of hydrogen-bond acceptors (Lipinski definition) is 5. The molecule has 0 radical (unpaired) electrons. The van der Waals surface area contributed by atoms with Gasteiger partial charge >= 0.3 is 0 Å². The molecule has 3 heterocycles. The quantitative estimate of drug-likeness (QED) is 0.896. The van der Waals surface area contributed by atoms with Gasteiger partial charge in [-0.1, -0.05) is 0 Å². The van der Waals surface area contributed by atoms with E-state index in [0.29, 0.717) is 25.2 Å². The predicted molar refractivity (Wildman–Crippen MR) is 78.9 cm³/mol. The second kappa shape index (κ2) is 5.63. The minimum atomic E-state index is -0.682. The van der Waals surface area contributed by atoms with E-state index in [-0.39, 0.29) is 12.0 Å². The molecule has 1 aromatic rings. The molecule has 0 aliphatic carbocycles. The van der Waals surface area contributed by atoms with Gasteiger partial charge in [0.1, 0.15) is 11.9 Å². The lowest BCUT2D eigenvalue weighted by Gasteiger charge is -2.43. The van der Waals surface area contributed by atoms with Crippen molar-refractivity contribution in [3.05, 3.63) is 23.9 Å². The van der Waals surface area contributed by atoms with Crippen LogP contribution < -0.4 is 4.90 Å². The minimum absolute atomic E-state index is 0.103. The van der Waals surface area contributed by atoms with E-state index in [4.69, 9.17) is 10.00 Å². The van der Waals surface area contributed by atoms with Crippen LogP contribution >= 0.6 is 0 Å². The molecule has 2 fully saturated rings. The summed E-state index contributed by atoms with van der Waals surface area (Å²) in [5.74, 6) is 0.990. The fraction of sp³-hybridized carbons (Fsp3) is 0.625. The van der Waals surface area contributed by atoms with Crippen LogP contribution in [-0.4, -0.2) is 41.5 Å². The van der Waals surface area contributed by atoms with Gasteiger partial charge in [0.05, 0.1) is 17.8 Å². The van der Waals surface area contributed by atoms with Gasteiger partial charge in [-0.25, -0.2) is 4.98 Å². The maximum Gasteiger partial charge on any atom is 0.128 e. The second-order valence-electron chi connectivity index (χ2n) is 6.21. The van der Waals surface area contributed by atoms with Gasteiger partial charge in [0.15, 0.2) is 0 Å². The summed E-state index contributed by atoms with van der Waals surface area (Å²) in [5.41, 5.74) is -0.111. The van der Waals surface area contributed by atoms with Crippen molar-refractivity contribution in [3.8, 4) is 6.07 Å². The number of rotatable bonds is 2. The van der Waals surface area contributed by atoms with Crippen LogP contribution in [0.2, 0.25) is 0 Å². The molecule has 3 atom stereocenters. The number of hydrogen-bond donors (Lipinski definition) is 1. The van der Waals surface area contributed by atoms with Gasteiger partial charge in [-0.2, -0.15) is 5.26 Å². The van der Waals surface area contributed by atoms with Crippen molar-refractivity contribution in [2.24, 2.45) is 5.92 Å². The van der Waals surface area contributed by atoms with E-state index in [0.717, 1.165) is 25.2 Å². The van der Waals surface area contributed by atoms with E-state index in [2.05, 4.69) is 16.0 Å². The molecule has 5 nitrogen and oxygen atoms in total. The molecule has 2 saturated heterocycles. The van der Waals surface area contributed by atoms with E-state index in [1.54, 1.807) is 12.3 Å². The summed E-state index contributed by atoms with van der Waals surface area (Å²) < 4.78 is 5.60. The summed E-state index contributed by atoms with van der Waals surface area (Å²) in [5, 5.41) is 19.5. The highest BCUT2D eigenvalue weighted by Gasteiger charge is 2.44. The van der Waals surface area contributed by atoms with Crippen LogP contribution in [0.4, 0.5) is 5.82 Å². The highest BCUT2D eigenvalue weighted by atomic mass is 16.5. The molecule has 0 spiro atoms. The van der Waals surface area contributed by atoms with Gasteiger partial charge in [-0.3, -0.25) is 0 Å². The molecule has 1 N–H and O–H groups in total. The van der Waals surface area contributed by atoms with Gasteiger partial charge < -0.3 is 14.7 Å². The first-order valence-electron chi connectivity index (χ1n) is 7.55. The number of ether oxygens (including phenoxy) is 1. The highest BCUT2D eigenvalue weighted by molar-refractivity contribution is 5.44. The van der Waals surface area contributed by atoms with Gasteiger partial charge in [0.25, 0.3) is 0 Å². The molecular formula is C16H21N3O2. The van der Waals surface area contributed by atoms with Crippen molar-refractivity contribution < 1.29 is 9.84 Å². The number of pyridine rings is 1. The zero-order valence-electron chi connectivity index (χ0n) is 12.3. The minimum Gasteiger partial charge on any atom is -0.390 e. The molecule has 2 aliphatic rings.